The van der Waals surface area contributed by atoms with E-state index in [1.807, 2.05) is 0 Å². The molecule has 1 heterocycles. The van der Waals surface area contributed by atoms with Gasteiger partial charge in [-0.25, -0.2) is 14.4 Å². The van der Waals surface area contributed by atoms with Crippen molar-refractivity contribution < 1.29 is 9.18 Å². The van der Waals surface area contributed by atoms with Crippen molar-refractivity contribution in [1.82, 2.24) is 9.97 Å². The first-order chi connectivity index (χ1) is 8.95. The summed E-state index contributed by atoms with van der Waals surface area (Å²) in [6, 6.07) is 6.15. The van der Waals surface area contributed by atoms with E-state index >= 15 is 0 Å². The topological polar surface area (TPSA) is 54.9 Å². The second-order valence-electron chi connectivity index (χ2n) is 4.05. The number of amides is 1. The molecule has 0 saturated heterocycles. The molecule has 0 bridgehead atoms. The lowest BCUT2D eigenvalue weighted by Crippen LogP contribution is -2.17. The molecule has 2 aromatic rings. The zero-order valence-corrected chi connectivity index (χ0v) is 12.0. The molecule has 0 atom stereocenters. The molecule has 0 spiro atoms. The van der Waals surface area contributed by atoms with Crippen LogP contribution >= 0.6 is 15.9 Å². The van der Waals surface area contributed by atoms with Gasteiger partial charge in [-0.15, -0.1) is 0 Å². The monoisotopic (exact) mass is 323 g/mol. The summed E-state index contributed by atoms with van der Waals surface area (Å²) in [6.45, 7) is 3.54. The highest BCUT2D eigenvalue weighted by molar-refractivity contribution is 9.10. The van der Waals surface area contributed by atoms with Crippen LogP contribution in [0, 0.1) is 19.7 Å². The molecule has 0 saturated carbocycles. The Bertz CT molecular complexity index is 626. The Labute approximate surface area is 118 Å². The number of hydrogen-bond acceptors (Lipinski definition) is 3. The minimum Gasteiger partial charge on any atom is -0.317 e. The van der Waals surface area contributed by atoms with Crippen LogP contribution in [0.25, 0.3) is 0 Å². The third-order valence-electron chi connectivity index (χ3n) is 2.36. The second kappa shape index (κ2) is 5.44. The lowest BCUT2D eigenvalue weighted by atomic mass is 10.3. The van der Waals surface area contributed by atoms with E-state index in [0.717, 1.165) is 0 Å². The first kappa shape index (κ1) is 13.6. The van der Waals surface area contributed by atoms with Crippen LogP contribution in [-0.4, -0.2) is 15.9 Å². The number of aromatic nitrogens is 2. The number of benzene rings is 1. The van der Waals surface area contributed by atoms with Crippen molar-refractivity contribution in [2.45, 2.75) is 13.8 Å². The first-order valence-corrected chi connectivity index (χ1v) is 6.33. The van der Waals surface area contributed by atoms with Gasteiger partial charge in [0.1, 0.15) is 5.82 Å². The van der Waals surface area contributed by atoms with Gasteiger partial charge in [0, 0.05) is 15.9 Å². The van der Waals surface area contributed by atoms with Crippen LogP contribution in [0.3, 0.4) is 0 Å². The number of nitrogens with zero attached hydrogens (tertiary/aromatic N) is 2. The lowest BCUT2D eigenvalue weighted by Gasteiger charge is -2.06. The maximum atomic E-state index is 13.6. The predicted molar refractivity (Wildman–Crippen MR) is 73.6 cm³/mol. The highest BCUT2D eigenvalue weighted by atomic mass is 79.9. The molecule has 0 aliphatic carbocycles. The Hall–Kier alpha value is -1.82. The molecule has 1 aromatic carbocycles. The van der Waals surface area contributed by atoms with E-state index in [-0.39, 0.29) is 11.5 Å². The van der Waals surface area contributed by atoms with Gasteiger partial charge in [0.15, 0.2) is 0 Å². The van der Waals surface area contributed by atoms with Gasteiger partial charge in [-0.05, 0) is 38.1 Å². The molecule has 19 heavy (non-hydrogen) atoms. The molecule has 0 aliphatic heterocycles. The van der Waals surface area contributed by atoms with Crippen molar-refractivity contribution in [3.63, 3.8) is 0 Å². The van der Waals surface area contributed by atoms with Gasteiger partial charge in [0.2, 0.25) is 5.82 Å². The van der Waals surface area contributed by atoms with E-state index in [2.05, 4.69) is 31.2 Å². The molecule has 2 rings (SSSR count). The van der Waals surface area contributed by atoms with E-state index in [1.165, 1.54) is 12.1 Å². The van der Waals surface area contributed by atoms with Gasteiger partial charge >= 0.3 is 0 Å². The largest absolute Gasteiger partial charge is 0.317 e. The Morgan fingerprint density at radius 2 is 1.84 bits per heavy atom. The fraction of sp³-hybridized carbons (Fsp3) is 0.154. The Kier molecular flexibility index (Phi) is 3.90. The van der Waals surface area contributed by atoms with Crippen molar-refractivity contribution in [3.8, 4) is 0 Å². The summed E-state index contributed by atoms with van der Waals surface area (Å²) in [7, 11) is 0. The number of rotatable bonds is 2. The number of nitrogens with one attached hydrogen (secondary N) is 1. The number of anilines is 1. The van der Waals surface area contributed by atoms with Crippen LogP contribution in [-0.2, 0) is 0 Å². The normalized spacial score (nSPS) is 10.3. The van der Waals surface area contributed by atoms with E-state index in [4.69, 9.17) is 0 Å². The number of hydrogen-bond donors (Lipinski definition) is 1. The molecule has 98 valence electrons. The van der Waals surface area contributed by atoms with Gasteiger partial charge in [-0.3, -0.25) is 4.79 Å². The van der Waals surface area contributed by atoms with Crippen molar-refractivity contribution in [1.29, 1.82) is 0 Å². The van der Waals surface area contributed by atoms with Crippen LogP contribution in [0.4, 0.5) is 10.1 Å². The molecule has 0 fully saturated rings. The van der Waals surface area contributed by atoms with Crippen LogP contribution in [0.15, 0.2) is 28.7 Å². The fourth-order valence-corrected chi connectivity index (χ4v) is 1.93. The van der Waals surface area contributed by atoms with Crippen molar-refractivity contribution in [2.24, 2.45) is 0 Å². The molecule has 1 aromatic heterocycles. The zero-order valence-electron chi connectivity index (χ0n) is 10.4. The van der Waals surface area contributed by atoms with Crippen LogP contribution in [0.2, 0.25) is 0 Å². The maximum Gasteiger partial charge on any atom is 0.293 e. The second-order valence-corrected chi connectivity index (χ2v) is 4.97. The van der Waals surface area contributed by atoms with Gasteiger partial charge in [0.05, 0.1) is 5.69 Å². The van der Waals surface area contributed by atoms with Gasteiger partial charge in [0.25, 0.3) is 5.91 Å². The number of aryl methyl sites for hydroxylation is 2. The molecular weight excluding hydrogens is 313 g/mol. The molecule has 1 N–H and O–H groups in total. The summed E-state index contributed by atoms with van der Waals surface area (Å²) < 4.78 is 14.2. The molecule has 0 radical (unpaired) electrons. The lowest BCUT2D eigenvalue weighted by molar-refractivity contribution is 0.101. The molecule has 0 unspecified atom stereocenters. The summed E-state index contributed by atoms with van der Waals surface area (Å²) in [4.78, 5) is 20.0. The number of carbonyl (C=O) groups excluding carboxylic acids is 1. The molecule has 1 amide bonds. The summed E-state index contributed by atoms with van der Waals surface area (Å²) in [5.41, 5.74) is 1.47. The predicted octanol–water partition coefficient (Wildman–Crippen LogP) is 3.25. The minimum absolute atomic E-state index is 0.0276. The molecule has 0 aliphatic rings. The van der Waals surface area contributed by atoms with Gasteiger partial charge in [-0.2, -0.15) is 0 Å². The van der Waals surface area contributed by atoms with Crippen LogP contribution in [0.1, 0.15) is 22.0 Å². The quantitative estimate of drug-likeness (QED) is 0.923. The highest BCUT2D eigenvalue weighted by Crippen LogP contribution is 2.19. The van der Waals surface area contributed by atoms with E-state index in [9.17, 15) is 9.18 Å². The van der Waals surface area contributed by atoms with E-state index < -0.39 is 11.7 Å². The standard InChI is InChI=1S/C13H11BrFN3O/c1-7-5-8(2)17-12(16-7)13(19)18-11-4-3-9(14)6-10(11)15/h3-6H,1-2H3,(H,18,19). The highest BCUT2D eigenvalue weighted by Gasteiger charge is 2.13. The Morgan fingerprint density at radius 3 is 2.42 bits per heavy atom. The minimum atomic E-state index is -0.534. The van der Waals surface area contributed by atoms with Crippen molar-refractivity contribution >= 4 is 27.5 Å². The SMILES string of the molecule is Cc1cc(C)nc(C(=O)Nc2ccc(Br)cc2F)n1. The average molecular weight is 324 g/mol. The third kappa shape index (κ3) is 3.35. The zero-order chi connectivity index (χ0) is 14.0. The Balaban J connectivity index is 2.25. The van der Waals surface area contributed by atoms with Gasteiger partial charge < -0.3 is 5.32 Å². The van der Waals surface area contributed by atoms with E-state index in [0.29, 0.717) is 15.9 Å². The summed E-state index contributed by atoms with van der Waals surface area (Å²) >= 11 is 3.15. The van der Waals surface area contributed by atoms with Gasteiger partial charge in [-0.1, -0.05) is 15.9 Å². The molecular formula is C13H11BrFN3O. The average Bonchev–Trinajstić information content (AvgIpc) is 2.31. The maximum absolute atomic E-state index is 13.6. The van der Waals surface area contributed by atoms with Crippen LogP contribution in [0.5, 0.6) is 0 Å². The van der Waals surface area contributed by atoms with Crippen LogP contribution < -0.4 is 5.32 Å². The first-order valence-electron chi connectivity index (χ1n) is 5.54. The number of halogens is 2. The van der Waals surface area contributed by atoms with E-state index in [1.54, 1.807) is 26.0 Å². The smallest absolute Gasteiger partial charge is 0.293 e. The summed E-state index contributed by atoms with van der Waals surface area (Å²) in [6.07, 6.45) is 0. The van der Waals surface area contributed by atoms with Crippen molar-refractivity contribution in [2.75, 3.05) is 5.32 Å². The Morgan fingerprint density at radius 1 is 1.21 bits per heavy atom. The molecule has 6 heteroatoms. The molecule has 4 nitrogen and oxygen atoms in total. The fourth-order valence-electron chi connectivity index (χ4n) is 1.60. The number of carbonyl (C=O) groups is 1. The summed E-state index contributed by atoms with van der Waals surface area (Å²) in [5, 5.41) is 2.45. The van der Waals surface area contributed by atoms with Crippen molar-refractivity contribution in [3.05, 3.63) is 51.8 Å². The summed E-state index contributed by atoms with van der Waals surface area (Å²) in [5.74, 6) is -1.03. The third-order valence-corrected chi connectivity index (χ3v) is 2.86.